The number of unbranched alkanes of at least 4 members (excludes halogenated alkanes) is 1. The number of carbonyl (C=O) groups is 10. The fourth-order valence-corrected chi connectivity index (χ4v) is 11.6. The molecular weight excluding hydrogens is 1170 g/mol. The van der Waals surface area contributed by atoms with Crippen molar-refractivity contribution in [3.8, 4) is 0 Å². The molecule has 4 aromatic carbocycles. The zero-order valence-corrected chi connectivity index (χ0v) is 52.7. The Kier molecular flexibility index (Phi) is 26.0. The third-order valence-corrected chi connectivity index (χ3v) is 16.4. The quantitative estimate of drug-likeness (QED) is 0.0255. The molecule has 1 aliphatic heterocycles. The molecule has 16 N–H and O–H groups in total. The smallest absolute Gasteiger partial charge is 0.326 e. The number of hydrogen-bond acceptors (Lipinski definition) is 12. The molecule has 1 fully saturated rings. The van der Waals surface area contributed by atoms with Crippen LogP contribution in [0.3, 0.4) is 0 Å². The molecule has 24 heteroatoms. The number of nitrogens with two attached hydrogens (primary N) is 3. The van der Waals surface area contributed by atoms with Crippen molar-refractivity contribution in [2.45, 2.75) is 166 Å². The summed E-state index contributed by atoms with van der Waals surface area (Å²) in [5.74, 6) is -7.93. The number of hydrogen-bond donors (Lipinski definition) is 13. The van der Waals surface area contributed by atoms with E-state index in [1.807, 2.05) is 70.2 Å². The third-order valence-electron chi connectivity index (χ3n) is 16.4. The minimum atomic E-state index is -1.56. The molecule has 9 amide bonds. The monoisotopic (exact) mass is 1260 g/mol. The van der Waals surface area contributed by atoms with E-state index in [9.17, 15) is 38.7 Å². The van der Waals surface area contributed by atoms with Crippen LogP contribution in [0.4, 0.5) is 0 Å². The molecule has 2 aromatic heterocycles. The first-order valence-corrected chi connectivity index (χ1v) is 31.7. The summed E-state index contributed by atoms with van der Waals surface area (Å²) in [6, 6.07) is 20.8. The predicted octanol–water partition coefficient (Wildman–Crippen LogP) is 3.20. The molecule has 92 heavy (non-hydrogen) atoms. The second-order valence-electron chi connectivity index (χ2n) is 24.6. The Morgan fingerprint density at radius 2 is 0.967 bits per heavy atom. The Bertz CT molecular complexity index is 3500. The van der Waals surface area contributed by atoms with E-state index in [1.54, 1.807) is 79.1 Å². The summed E-state index contributed by atoms with van der Waals surface area (Å²) in [5.41, 5.74) is 21.6. The van der Waals surface area contributed by atoms with Crippen molar-refractivity contribution in [3.05, 3.63) is 144 Å². The van der Waals surface area contributed by atoms with Crippen molar-refractivity contribution in [3.63, 3.8) is 0 Å². The van der Waals surface area contributed by atoms with Crippen molar-refractivity contribution in [2.24, 2.45) is 29.0 Å². The average molecular weight is 1260 g/mol. The number of nitrogens with zero attached hydrogens (tertiary/aromatic N) is 1. The summed E-state index contributed by atoms with van der Waals surface area (Å²) in [5, 5.41) is 31.1. The molecule has 1 aliphatic rings. The number of fused-ring (bicyclic) bond motifs is 2. The predicted molar refractivity (Wildman–Crippen MR) is 348 cm³/mol. The van der Waals surface area contributed by atoms with Gasteiger partial charge in [-0.25, -0.2) is 4.79 Å². The minimum Gasteiger partial charge on any atom is -0.480 e. The van der Waals surface area contributed by atoms with Crippen molar-refractivity contribution < 1.29 is 53.1 Å². The molecule has 24 nitrogen and oxygen atoms in total. The lowest BCUT2D eigenvalue weighted by Gasteiger charge is -2.31. The molecule has 6 aromatic rings. The number of para-hydroxylation sites is 2. The van der Waals surface area contributed by atoms with Crippen LogP contribution in [-0.2, 0) is 73.6 Å². The highest BCUT2D eigenvalue weighted by molar-refractivity contribution is 5.99. The van der Waals surface area contributed by atoms with E-state index in [2.05, 4.69) is 47.2 Å². The number of carbonyl (C=O) groups excluding carboxylic acids is 9. The van der Waals surface area contributed by atoms with Gasteiger partial charge in [-0.2, -0.15) is 0 Å². The highest BCUT2D eigenvalue weighted by Gasteiger charge is 2.41. The van der Waals surface area contributed by atoms with E-state index in [0.29, 0.717) is 65.4 Å². The lowest BCUT2D eigenvalue weighted by molar-refractivity contribution is -0.145. The van der Waals surface area contributed by atoms with Crippen LogP contribution in [0.15, 0.2) is 122 Å². The van der Waals surface area contributed by atoms with Gasteiger partial charge in [0.2, 0.25) is 53.2 Å². The topological polar surface area (TPSA) is 388 Å². The Hall–Kier alpha value is -9.42. The summed E-state index contributed by atoms with van der Waals surface area (Å²) in [7, 11) is 0. The maximum absolute atomic E-state index is 15.3. The molecular formula is C68H89N13O11. The SMILES string of the molecule is CC(C)C[C@H](NC(=O)[C@@H](N)CC(C)C)C(=O)N[C@H](Cc1c[nH]c2ccccc12)C(=O)N[C@@H](Cc1ccccc1)C(=O)N[C@H](Cc1c[nH]c2ccccc12)C(=O)N[C@@H](CCC(N)=O)C(=O)N[C@H](Cc1ccccc1)C(=O)N1CCC[C@H]1C(=O)N[C@@H](CCCCN)C(=O)O. The number of carboxylic acids is 1. The van der Waals surface area contributed by atoms with Gasteiger partial charge in [-0.1, -0.05) is 125 Å². The van der Waals surface area contributed by atoms with Crippen LogP contribution in [0.2, 0.25) is 0 Å². The van der Waals surface area contributed by atoms with Crippen molar-refractivity contribution >= 4 is 80.9 Å². The van der Waals surface area contributed by atoms with E-state index in [-0.39, 0.29) is 69.7 Å². The molecule has 0 bridgehead atoms. The van der Waals surface area contributed by atoms with Gasteiger partial charge in [0.25, 0.3) is 0 Å². The van der Waals surface area contributed by atoms with Gasteiger partial charge in [0.15, 0.2) is 0 Å². The zero-order valence-electron chi connectivity index (χ0n) is 52.7. The third kappa shape index (κ3) is 20.3. The lowest BCUT2D eigenvalue weighted by Crippen LogP contribution is -2.61. The van der Waals surface area contributed by atoms with Gasteiger partial charge < -0.3 is 74.4 Å². The first-order chi connectivity index (χ1) is 44.1. The maximum Gasteiger partial charge on any atom is 0.326 e. The lowest BCUT2D eigenvalue weighted by atomic mass is 9.98. The highest BCUT2D eigenvalue weighted by Crippen LogP contribution is 2.24. The van der Waals surface area contributed by atoms with Gasteiger partial charge in [0.05, 0.1) is 6.04 Å². The van der Waals surface area contributed by atoms with E-state index in [4.69, 9.17) is 17.2 Å². The van der Waals surface area contributed by atoms with Crippen LogP contribution in [0.25, 0.3) is 21.8 Å². The molecule has 3 heterocycles. The van der Waals surface area contributed by atoms with E-state index >= 15 is 14.4 Å². The summed E-state index contributed by atoms with van der Waals surface area (Å²) < 4.78 is 0. The van der Waals surface area contributed by atoms with Crippen molar-refractivity contribution in [1.82, 2.24) is 52.1 Å². The zero-order chi connectivity index (χ0) is 66.4. The Morgan fingerprint density at radius 3 is 1.47 bits per heavy atom. The van der Waals surface area contributed by atoms with Crippen molar-refractivity contribution in [1.29, 1.82) is 0 Å². The van der Waals surface area contributed by atoms with Gasteiger partial charge in [-0.3, -0.25) is 43.2 Å². The standard InChI is InChI=1S/C68H89N13O11/c1-40(2)32-48(70)60(83)76-53(33-41(3)4)62(85)78-56(37-45-39-73-50-25-14-12-23-47(45)50)65(88)77-54(34-42-18-7-5-8-19-42)63(86)79-55(36-44-38-72-49-24-13-11-22-46(44)49)64(87)74-51(28-29-59(71)82)61(84)80-57(35-43-20-9-6-10-21-43)67(90)81-31-17-27-58(81)66(89)75-52(68(91)92)26-15-16-30-69/h5-14,18-25,38-41,48,51-58,72-73H,15-17,26-37,69-70H2,1-4H3,(H2,71,82)(H,74,87)(H,75,89)(H,76,83)(H,77,88)(H,78,85)(H,79,86)(H,80,84)(H,91,92)/t48-,51-,52-,53-,54-,55+,56+,57+,58-/m0/s1. The van der Waals surface area contributed by atoms with E-state index < -0.39 is 120 Å². The molecule has 9 atom stereocenters. The number of benzene rings is 4. The number of primary amides is 1. The van der Waals surface area contributed by atoms with Crippen LogP contribution in [0.5, 0.6) is 0 Å². The second-order valence-corrected chi connectivity index (χ2v) is 24.6. The van der Waals surface area contributed by atoms with Gasteiger partial charge in [0, 0.05) is 72.8 Å². The Labute approximate surface area is 535 Å². The van der Waals surface area contributed by atoms with Crippen LogP contribution in [0.1, 0.15) is 108 Å². The Balaban J connectivity index is 1.20. The molecule has 492 valence electrons. The first kappa shape index (κ1) is 70.0. The summed E-state index contributed by atoms with van der Waals surface area (Å²) in [6.45, 7) is 8.09. The molecule has 0 aliphatic carbocycles. The molecule has 7 rings (SSSR count). The van der Waals surface area contributed by atoms with Crippen LogP contribution >= 0.6 is 0 Å². The number of aromatic nitrogens is 2. The molecule has 0 saturated carbocycles. The van der Waals surface area contributed by atoms with Gasteiger partial charge in [-0.15, -0.1) is 0 Å². The Morgan fingerprint density at radius 1 is 0.522 bits per heavy atom. The normalized spacial score (nSPS) is 15.7. The number of aliphatic carboxylic acids is 1. The van der Waals surface area contributed by atoms with Gasteiger partial charge in [-0.05, 0) is 104 Å². The summed E-state index contributed by atoms with van der Waals surface area (Å²) in [4.78, 5) is 150. The van der Waals surface area contributed by atoms with E-state index in [0.717, 1.165) is 10.9 Å². The number of aromatic amines is 2. The highest BCUT2D eigenvalue weighted by atomic mass is 16.4. The number of amides is 9. The maximum atomic E-state index is 15.3. The van der Waals surface area contributed by atoms with Gasteiger partial charge >= 0.3 is 5.97 Å². The largest absolute Gasteiger partial charge is 0.480 e. The number of carboxylic acid groups (broad SMARTS) is 1. The van der Waals surface area contributed by atoms with Crippen molar-refractivity contribution in [2.75, 3.05) is 13.1 Å². The van der Waals surface area contributed by atoms with Crippen LogP contribution in [-0.4, -0.2) is 147 Å². The van der Waals surface area contributed by atoms with Crippen LogP contribution in [0, 0.1) is 11.8 Å². The fraction of sp³-hybridized carbons (Fsp3) is 0.441. The molecule has 1 saturated heterocycles. The number of rotatable bonds is 35. The number of likely N-dealkylation sites (tertiary alicyclic amines) is 1. The number of H-pyrrole nitrogens is 2. The fourth-order valence-electron chi connectivity index (χ4n) is 11.6. The molecule has 0 spiro atoms. The van der Waals surface area contributed by atoms with Gasteiger partial charge in [0.1, 0.15) is 48.3 Å². The first-order valence-electron chi connectivity index (χ1n) is 31.7. The minimum absolute atomic E-state index is 0.0637. The summed E-state index contributed by atoms with van der Waals surface area (Å²) in [6.07, 6.45) is 4.51. The average Bonchev–Trinajstić information content (AvgIpc) is 1.66. The van der Waals surface area contributed by atoms with Crippen LogP contribution < -0.4 is 54.4 Å². The number of nitrogens with one attached hydrogen (secondary N) is 9. The summed E-state index contributed by atoms with van der Waals surface area (Å²) >= 11 is 0. The van der Waals surface area contributed by atoms with E-state index in [1.165, 1.54) is 4.90 Å². The molecule has 0 radical (unpaired) electrons. The second kappa shape index (κ2) is 34.1. The molecule has 0 unspecified atom stereocenters.